The zero-order chi connectivity index (χ0) is 20.3. The highest BCUT2D eigenvalue weighted by atomic mass is 35.5. The quantitative estimate of drug-likeness (QED) is 0.633. The lowest BCUT2D eigenvalue weighted by Gasteiger charge is -2.34. The van der Waals surface area contributed by atoms with Crippen molar-refractivity contribution in [3.05, 3.63) is 63.6 Å². The summed E-state index contributed by atoms with van der Waals surface area (Å²) in [5.41, 5.74) is 2.06. The Morgan fingerprint density at radius 3 is 2.07 bits per heavy atom. The Balaban J connectivity index is 1.65. The molecule has 0 saturated carbocycles. The van der Waals surface area contributed by atoms with E-state index in [-0.39, 0.29) is 0 Å². The van der Waals surface area contributed by atoms with E-state index in [0.717, 1.165) is 12.0 Å². The molecule has 0 spiro atoms. The molecule has 2 aromatic carbocycles. The van der Waals surface area contributed by atoms with Gasteiger partial charge in [0.1, 0.15) is 0 Å². The van der Waals surface area contributed by atoms with Crippen LogP contribution in [0.15, 0.2) is 47.4 Å². The predicted octanol–water partition coefficient (Wildman–Crippen LogP) is 5.01. The minimum atomic E-state index is -3.47. The molecule has 1 aliphatic heterocycles. The van der Waals surface area contributed by atoms with Crippen molar-refractivity contribution in [3.8, 4) is 0 Å². The van der Waals surface area contributed by atoms with Crippen LogP contribution < -0.4 is 0 Å². The maximum Gasteiger partial charge on any atom is 0.243 e. The lowest BCUT2D eigenvalue weighted by atomic mass is 9.99. The molecule has 0 amide bonds. The number of nitrogens with zero attached hydrogens (tertiary/aromatic N) is 2. The topological polar surface area (TPSA) is 40.6 Å². The van der Waals surface area contributed by atoms with E-state index in [9.17, 15) is 8.42 Å². The fraction of sp³-hybridized carbons (Fsp3) is 0.429. The third kappa shape index (κ3) is 4.71. The van der Waals surface area contributed by atoms with E-state index in [0.29, 0.717) is 53.6 Å². The molecule has 0 aliphatic carbocycles. The minimum absolute atomic E-state index is 0.363. The van der Waals surface area contributed by atoms with Crippen molar-refractivity contribution < 1.29 is 8.42 Å². The molecule has 152 valence electrons. The predicted molar refractivity (Wildman–Crippen MR) is 116 cm³/mol. The summed E-state index contributed by atoms with van der Waals surface area (Å²) in [7, 11) is -3.47. The number of halogens is 2. The van der Waals surface area contributed by atoms with E-state index >= 15 is 0 Å². The van der Waals surface area contributed by atoms with Crippen molar-refractivity contribution in [2.24, 2.45) is 0 Å². The zero-order valence-electron chi connectivity index (χ0n) is 16.2. The van der Waals surface area contributed by atoms with Crippen molar-refractivity contribution in [1.29, 1.82) is 0 Å². The van der Waals surface area contributed by atoms with Crippen LogP contribution in [0.1, 0.15) is 37.3 Å². The average molecular weight is 441 g/mol. The van der Waals surface area contributed by atoms with Crippen LogP contribution >= 0.6 is 23.2 Å². The summed E-state index contributed by atoms with van der Waals surface area (Å²) < 4.78 is 27.5. The van der Waals surface area contributed by atoms with Gasteiger partial charge in [-0.15, -0.1) is 0 Å². The molecule has 1 unspecified atom stereocenters. The van der Waals surface area contributed by atoms with Gasteiger partial charge in [0.05, 0.1) is 4.90 Å². The van der Waals surface area contributed by atoms with Gasteiger partial charge in [0, 0.05) is 48.3 Å². The number of piperazine rings is 1. The van der Waals surface area contributed by atoms with Crippen molar-refractivity contribution in [2.75, 3.05) is 26.2 Å². The van der Waals surface area contributed by atoms with Gasteiger partial charge < -0.3 is 0 Å². The highest BCUT2D eigenvalue weighted by Crippen LogP contribution is 2.27. The van der Waals surface area contributed by atoms with Gasteiger partial charge in [0.25, 0.3) is 0 Å². The van der Waals surface area contributed by atoms with E-state index in [1.165, 1.54) is 5.56 Å². The summed E-state index contributed by atoms with van der Waals surface area (Å²) in [5.74, 6) is 0.428. The Bertz CT molecular complexity index is 888. The lowest BCUT2D eigenvalue weighted by molar-refractivity contribution is 0.181. The van der Waals surface area contributed by atoms with E-state index in [1.54, 1.807) is 16.4 Å². The van der Waals surface area contributed by atoms with Crippen LogP contribution in [-0.2, 0) is 16.6 Å². The summed E-state index contributed by atoms with van der Waals surface area (Å²) in [6.07, 6.45) is 1.03. The highest BCUT2D eigenvalue weighted by molar-refractivity contribution is 7.89. The lowest BCUT2D eigenvalue weighted by Crippen LogP contribution is -2.48. The maximum atomic E-state index is 13.0. The molecule has 0 aromatic heterocycles. The van der Waals surface area contributed by atoms with Crippen molar-refractivity contribution in [2.45, 2.75) is 37.6 Å². The van der Waals surface area contributed by atoms with Crippen LogP contribution in [0.4, 0.5) is 0 Å². The first kappa shape index (κ1) is 21.6. The molecule has 0 N–H and O–H groups in total. The highest BCUT2D eigenvalue weighted by Gasteiger charge is 2.29. The molecule has 4 nitrogen and oxygen atoms in total. The third-order valence-corrected chi connectivity index (χ3v) is 8.10. The first-order valence-corrected chi connectivity index (χ1v) is 11.8. The molecule has 0 radical (unpaired) electrons. The minimum Gasteiger partial charge on any atom is -0.296 e. The Morgan fingerprint density at radius 1 is 0.964 bits per heavy atom. The summed E-state index contributed by atoms with van der Waals surface area (Å²) in [6, 6.07) is 12.8. The number of benzene rings is 2. The molecule has 28 heavy (non-hydrogen) atoms. The second-order valence-electron chi connectivity index (χ2n) is 7.26. The number of rotatable bonds is 6. The molecule has 7 heteroatoms. The first-order valence-electron chi connectivity index (χ1n) is 9.58. The van der Waals surface area contributed by atoms with Crippen molar-refractivity contribution >= 4 is 33.2 Å². The van der Waals surface area contributed by atoms with Gasteiger partial charge in [0.2, 0.25) is 10.0 Å². The molecular weight excluding hydrogens is 415 g/mol. The van der Waals surface area contributed by atoms with E-state index in [2.05, 4.69) is 18.7 Å². The molecule has 0 bridgehead atoms. The van der Waals surface area contributed by atoms with E-state index in [1.807, 2.05) is 30.3 Å². The third-order valence-electron chi connectivity index (χ3n) is 5.47. The average Bonchev–Trinajstić information content (AvgIpc) is 2.70. The molecule has 1 atom stereocenters. The van der Waals surface area contributed by atoms with E-state index in [4.69, 9.17) is 23.2 Å². The smallest absolute Gasteiger partial charge is 0.243 e. The number of hydrogen-bond donors (Lipinski definition) is 0. The van der Waals surface area contributed by atoms with Gasteiger partial charge in [0.15, 0.2) is 0 Å². The molecule has 1 aliphatic rings. The second kappa shape index (κ2) is 9.14. The van der Waals surface area contributed by atoms with Crippen LogP contribution in [0.3, 0.4) is 0 Å². The van der Waals surface area contributed by atoms with Gasteiger partial charge >= 0.3 is 0 Å². The molecule has 1 saturated heterocycles. The number of hydrogen-bond acceptors (Lipinski definition) is 3. The summed E-state index contributed by atoms with van der Waals surface area (Å²) >= 11 is 12.5. The van der Waals surface area contributed by atoms with Gasteiger partial charge in [-0.2, -0.15) is 4.31 Å². The van der Waals surface area contributed by atoms with Crippen molar-refractivity contribution in [1.82, 2.24) is 9.21 Å². The van der Waals surface area contributed by atoms with Crippen LogP contribution in [-0.4, -0.2) is 43.8 Å². The number of sulfonamides is 1. The maximum absolute atomic E-state index is 13.0. The molecule has 2 aromatic rings. The monoisotopic (exact) mass is 440 g/mol. The molecule has 1 heterocycles. The van der Waals surface area contributed by atoms with Gasteiger partial charge in [-0.25, -0.2) is 8.42 Å². The Hall–Kier alpha value is -1.11. The molecule has 1 fully saturated rings. The molecule has 3 rings (SSSR count). The Labute approximate surface area is 178 Å². The molecular formula is C21H26Cl2N2O2S. The van der Waals surface area contributed by atoms with E-state index < -0.39 is 10.0 Å². The summed E-state index contributed by atoms with van der Waals surface area (Å²) in [6.45, 7) is 7.10. The summed E-state index contributed by atoms with van der Waals surface area (Å²) in [5, 5.41) is 1.29. The zero-order valence-corrected chi connectivity index (χ0v) is 18.6. The van der Waals surface area contributed by atoms with Gasteiger partial charge in [-0.3, -0.25) is 4.90 Å². The second-order valence-corrected chi connectivity index (χ2v) is 10.0. The van der Waals surface area contributed by atoms with Crippen LogP contribution in [0.2, 0.25) is 10.0 Å². The van der Waals surface area contributed by atoms with Crippen LogP contribution in [0.25, 0.3) is 0 Å². The largest absolute Gasteiger partial charge is 0.296 e. The van der Waals surface area contributed by atoms with Crippen molar-refractivity contribution in [3.63, 3.8) is 0 Å². The standard InChI is InChI=1S/C21H26Cl2N2O2S/c1-3-16(2)17-7-9-18(10-8-17)28(26,27)25-13-11-24(12-14-25)15-19-20(22)5-4-6-21(19)23/h4-10,16H,3,11-15H2,1-2H3. The SMILES string of the molecule is CCC(C)c1ccc(S(=O)(=O)N2CCN(Cc3c(Cl)cccc3Cl)CC2)cc1. The fourth-order valence-corrected chi connectivity index (χ4v) is 5.33. The normalized spacial score (nSPS) is 17.6. The fourth-order valence-electron chi connectivity index (χ4n) is 3.39. The Morgan fingerprint density at radius 2 is 1.54 bits per heavy atom. The van der Waals surface area contributed by atoms with Crippen LogP contribution in [0.5, 0.6) is 0 Å². The van der Waals surface area contributed by atoms with Gasteiger partial charge in [-0.1, -0.05) is 55.2 Å². The Kier molecular flexibility index (Phi) is 7.05. The van der Waals surface area contributed by atoms with Gasteiger partial charge in [-0.05, 0) is 42.2 Å². The first-order chi connectivity index (χ1) is 13.3. The van der Waals surface area contributed by atoms with Crippen LogP contribution in [0, 0.1) is 0 Å². The summed E-state index contributed by atoms with van der Waals surface area (Å²) in [4.78, 5) is 2.55.